The summed E-state index contributed by atoms with van der Waals surface area (Å²) in [4.78, 5) is 20.4. The van der Waals surface area contributed by atoms with Crippen LogP contribution in [0.1, 0.15) is 5.56 Å². The second-order valence-electron chi connectivity index (χ2n) is 8.65. The lowest BCUT2D eigenvalue weighted by Crippen LogP contribution is -2.45. The Kier molecular flexibility index (Phi) is 6.05. The smallest absolute Gasteiger partial charge is 0.294 e. The van der Waals surface area contributed by atoms with Crippen molar-refractivity contribution in [2.45, 2.75) is 6.61 Å². The first-order valence-electron chi connectivity index (χ1n) is 11.8. The van der Waals surface area contributed by atoms with E-state index in [1.54, 1.807) is 23.6 Å². The Labute approximate surface area is 216 Å². The zero-order valence-corrected chi connectivity index (χ0v) is 21.2. The maximum absolute atomic E-state index is 11.0. The Morgan fingerprint density at radius 2 is 1.92 bits per heavy atom. The zero-order chi connectivity index (χ0) is 25.4. The van der Waals surface area contributed by atoms with Gasteiger partial charge in [-0.05, 0) is 35.6 Å². The van der Waals surface area contributed by atoms with Crippen molar-refractivity contribution < 1.29 is 23.4 Å². The SMILES string of the molecule is COc1cc(COc2cccc(N3CCN(C=O)CC3)c2)c2cc(-c3cn4nc(OC)sc4n3)oc2c1. The van der Waals surface area contributed by atoms with E-state index in [0.29, 0.717) is 34.6 Å². The van der Waals surface area contributed by atoms with Crippen LogP contribution in [0, 0.1) is 0 Å². The molecule has 0 radical (unpaired) electrons. The van der Waals surface area contributed by atoms with E-state index in [-0.39, 0.29) is 0 Å². The first-order valence-corrected chi connectivity index (χ1v) is 12.6. The molecule has 0 atom stereocenters. The van der Waals surface area contributed by atoms with E-state index in [0.717, 1.165) is 59.9 Å². The van der Waals surface area contributed by atoms with Crippen LogP contribution >= 0.6 is 11.3 Å². The molecule has 0 unspecified atom stereocenters. The Balaban J connectivity index is 1.24. The molecule has 1 amide bonds. The molecule has 0 saturated carbocycles. The number of anilines is 1. The number of rotatable bonds is 8. The van der Waals surface area contributed by atoms with Crippen LogP contribution in [0.4, 0.5) is 5.69 Å². The summed E-state index contributed by atoms with van der Waals surface area (Å²) in [7, 11) is 3.22. The van der Waals surface area contributed by atoms with Gasteiger partial charge in [0.05, 0.1) is 20.4 Å². The second-order valence-corrected chi connectivity index (χ2v) is 9.57. The first kappa shape index (κ1) is 23.2. The highest BCUT2D eigenvalue weighted by atomic mass is 32.1. The van der Waals surface area contributed by atoms with Gasteiger partial charge in [0.25, 0.3) is 5.19 Å². The number of ether oxygens (including phenoxy) is 3. The Hall–Kier alpha value is -4.25. The van der Waals surface area contributed by atoms with E-state index in [2.05, 4.69) is 21.0 Å². The normalized spacial score (nSPS) is 13.9. The molecule has 37 heavy (non-hydrogen) atoms. The summed E-state index contributed by atoms with van der Waals surface area (Å²) in [5.74, 6) is 2.09. The Morgan fingerprint density at radius 3 is 2.68 bits per heavy atom. The third-order valence-electron chi connectivity index (χ3n) is 6.42. The van der Waals surface area contributed by atoms with E-state index in [4.69, 9.17) is 18.6 Å². The van der Waals surface area contributed by atoms with Crippen molar-refractivity contribution in [2.24, 2.45) is 0 Å². The second kappa shape index (κ2) is 9.66. The van der Waals surface area contributed by atoms with Gasteiger partial charge in [0.2, 0.25) is 11.4 Å². The standard InChI is InChI=1S/C26H25N5O5S/c1-33-20-10-17(15-35-19-5-3-4-18(11-19)30-8-6-29(16-32)7-9-30)21-13-24(36-23(21)12-20)22-14-31-25(27-22)37-26(28-31)34-2/h3-5,10-14,16H,6-9,15H2,1-2H3. The third-order valence-corrected chi connectivity index (χ3v) is 7.31. The summed E-state index contributed by atoms with van der Waals surface area (Å²) >= 11 is 1.36. The molecule has 11 heteroatoms. The number of furan rings is 1. The number of carbonyl (C=O) groups excluding carboxylic acids is 1. The van der Waals surface area contributed by atoms with Crippen molar-refractivity contribution in [1.29, 1.82) is 0 Å². The number of benzene rings is 2. The van der Waals surface area contributed by atoms with Crippen LogP contribution in [-0.4, -0.2) is 66.3 Å². The molecule has 3 aromatic heterocycles. The highest BCUT2D eigenvalue weighted by Gasteiger charge is 2.18. The summed E-state index contributed by atoms with van der Waals surface area (Å²) < 4.78 is 24.8. The monoisotopic (exact) mass is 519 g/mol. The van der Waals surface area contributed by atoms with Gasteiger partial charge in [0.15, 0.2) is 5.76 Å². The molecule has 2 aromatic carbocycles. The molecular weight excluding hydrogens is 494 g/mol. The van der Waals surface area contributed by atoms with Crippen LogP contribution in [0.15, 0.2) is 53.1 Å². The quantitative estimate of drug-likeness (QED) is 0.283. The maximum Gasteiger partial charge on any atom is 0.294 e. The minimum atomic E-state index is 0.339. The van der Waals surface area contributed by atoms with E-state index < -0.39 is 0 Å². The highest BCUT2D eigenvalue weighted by Crippen LogP contribution is 2.34. The number of amides is 1. The highest BCUT2D eigenvalue weighted by molar-refractivity contribution is 7.18. The Bertz CT molecular complexity index is 1530. The van der Waals surface area contributed by atoms with Gasteiger partial charge < -0.3 is 28.4 Å². The lowest BCUT2D eigenvalue weighted by Gasteiger charge is -2.34. The lowest BCUT2D eigenvalue weighted by molar-refractivity contribution is -0.118. The molecule has 0 aliphatic carbocycles. The minimum Gasteiger partial charge on any atom is -0.497 e. The van der Waals surface area contributed by atoms with Crippen molar-refractivity contribution in [3.63, 3.8) is 0 Å². The first-order chi connectivity index (χ1) is 18.1. The zero-order valence-electron chi connectivity index (χ0n) is 20.4. The van der Waals surface area contributed by atoms with E-state index in [1.165, 1.54) is 11.3 Å². The van der Waals surface area contributed by atoms with Crippen LogP contribution < -0.4 is 19.1 Å². The number of hydrogen-bond acceptors (Lipinski definition) is 9. The van der Waals surface area contributed by atoms with Crippen molar-refractivity contribution in [3.8, 4) is 28.1 Å². The van der Waals surface area contributed by atoms with Crippen molar-refractivity contribution in [3.05, 3.63) is 54.2 Å². The number of nitrogens with zero attached hydrogens (tertiary/aromatic N) is 5. The molecule has 6 rings (SSSR count). The van der Waals surface area contributed by atoms with Gasteiger partial charge in [-0.1, -0.05) is 6.07 Å². The summed E-state index contributed by atoms with van der Waals surface area (Å²) in [5.41, 5.74) is 3.40. The van der Waals surface area contributed by atoms with Crippen LogP contribution in [0.3, 0.4) is 0 Å². The summed E-state index contributed by atoms with van der Waals surface area (Å²) in [6.45, 7) is 3.37. The number of methoxy groups -OCH3 is 2. The van der Waals surface area contributed by atoms with Gasteiger partial charge in [-0.15, -0.1) is 5.10 Å². The Morgan fingerprint density at radius 1 is 1.05 bits per heavy atom. The number of piperazine rings is 1. The van der Waals surface area contributed by atoms with Gasteiger partial charge in [-0.2, -0.15) is 0 Å². The van der Waals surface area contributed by atoms with Crippen LogP contribution in [0.5, 0.6) is 16.7 Å². The molecule has 1 aliphatic heterocycles. The van der Waals surface area contributed by atoms with Crippen molar-refractivity contribution in [2.75, 3.05) is 45.3 Å². The fraction of sp³-hybridized carbons (Fsp3) is 0.269. The van der Waals surface area contributed by atoms with Gasteiger partial charge in [0, 0.05) is 54.9 Å². The average molecular weight is 520 g/mol. The van der Waals surface area contributed by atoms with Crippen LogP contribution in [0.25, 0.3) is 27.4 Å². The summed E-state index contributed by atoms with van der Waals surface area (Å²) in [6.07, 6.45) is 2.73. The molecule has 10 nitrogen and oxygen atoms in total. The van der Waals surface area contributed by atoms with Crippen molar-refractivity contribution >= 4 is 39.4 Å². The third kappa shape index (κ3) is 4.53. The fourth-order valence-electron chi connectivity index (χ4n) is 4.45. The lowest BCUT2D eigenvalue weighted by atomic mass is 10.1. The van der Waals surface area contributed by atoms with E-state index in [1.807, 2.05) is 42.6 Å². The van der Waals surface area contributed by atoms with E-state index in [9.17, 15) is 4.79 Å². The largest absolute Gasteiger partial charge is 0.497 e. The van der Waals surface area contributed by atoms with Gasteiger partial charge in [-0.25, -0.2) is 9.50 Å². The van der Waals surface area contributed by atoms with Gasteiger partial charge in [-0.3, -0.25) is 4.79 Å². The van der Waals surface area contributed by atoms with E-state index >= 15 is 0 Å². The minimum absolute atomic E-state index is 0.339. The summed E-state index contributed by atoms with van der Waals surface area (Å²) in [5, 5.41) is 5.82. The van der Waals surface area contributed by atoms with Crippen LogP contribution in [-0.2, 0) is 11.4 Å². The number of carbonyl (C=O) groups is 1. The molecule has 190 valence electrons. The molecule has 0 spiro atoms. The molecule has 1 aliphatic rings. The molecule has 1 saturated heterocycles. The molecule has 5 aromatic rings. The fourth-order valence-corrected chi connectivity index (χ4v) is 5.15. The maximum atomic E-state index is 11.0. The molecular formula is C26H25N5O5S. The number of aromatic nitrogens is 3. The molecule has 0 bridgehead atoms. The molecule has 1 fully saturated rings. The predicted molar refractivity (Wildman–Crippen MR) is 140 cm³/mol. The van der Waals surface area contributed by atoms with Gasteiger partial charge >= 0.3 is 0 Å². The number of hydrogen-bond donors (Lipinski definition) is 0. The van der Waals surface area contributed by atoms with Crippen molar-refractivity contribution in [1.82, 2.24) is 19.5 Å². The predicted octanol–water partition coefficient (Wildman–Crippen LogP) is 4.08. The number of imidazole rings is 1. The number of fused-ring (bicyclic) bond motifs is 2. The van der Waals surface area contributed by atoms with Gasteiger partial charge in [0.1, 0.15) is 29.4 Å². The average Bonchev–Trinajstić information content (AvgIpc) is 3.65. The van der Waals surface area contributed by atoms with Crippen LogP contribution in [0.2, 0.25) is 0 Å². The summed E-state index contributed by atoms with van der Waals surface area (Å²) in [6, 6.07) is 13.8. The molecule has 4 heterocycles. The topological polar surface area (TPSA) is 94.6 Å². The molecule has 0 N–H and O–H groups in total.